The number of amides is 1. The number of fused-ring (bicyclic) bond motifs is 1. The van der Waals surface area contributed by atoms with Crippen molar-refractivity contribution in [1.82, 2.24) is 4.57 Å². The highest BCUT2D eigenvalue weighted by Gasteiger charge is 2.28. The fourth-order valence-electron chi connectivity index (χ4n) is 2.91. The van der Waals surface area contributed by atoms with E-state index in [4.69, 9.17) is 5.26 Å². The van der Waals surface area contributed by atoms with E-state index in [1.54, 1.807) is 6.08 Å². The molecule has 0 aliphatic heterocycles. The average Bonchev–Trinajstić information content (AvgIpc) is 3.07. The summed E-state index contributed by atoms with van der Waals surface area (Å²) in [4.78, 5) is 12.2. The Balaban J connectivity index is 1.66. The minimum atomic E-state index is -4.41. The van der Waals surface area contributed by atoms with Crippen molar-refractivity contribution in [3.8, 4) is 11.8 Å². The number of hydrogen-bond donors (Lipinski definition) is 1. The maximum absolute atomic E-state index is 12.2. The number of nitrogens with one attached hydrogen (secondary N) is 1. The van der Waals surface area contributed by atoms with Crippen molar-refractivity contribution in [2.24, 2.45) is 0 Å². The largest absolute Gasteiger partial charge is 0.484 e. The Labute approximate surface area is 171 Å². The van der Waals surface area contributed by atoms with Crippen LogP contribution in [-0.4, -0.2) is 23.3 Å². The zero-order chi connectivity index (χ0) is 21.6. The van der Waals surface area contributed by atoms with Gasteiger partial charge in [-0.1, -0.05) is 18.2 Å². The van der Waals surface area contributed by atoms with Crippen molar-refractivity contribution >= 4 is 28.6 Å². The van der Waals surface area contributed by atoms with Gasteiger partial charge < -0.3 is 14.6 Å². The Bertz CT molecular complexity index is 1090. The first-order valence-corrected chi connectivity index (χ1v) is 9.09. The van der Waals surface area contributed by atoms with Gasteiger partial charge in [-0.3, -0.25) is 4.79 Å². The molecule has 0 fully saturated rings. The summed E-state index contributed by atoms with van der Waals surface area (Å²) in [6.45, 7) is -0.816. The van der Waals surface area contributed by atoms with Gasteiger partial charge >= 0.3 is 6.18 Å². The molecular weight excluding hydrogens is 395 g/mol. The van der Waals surface area contributed by atoms with E-state index in [9.17, 15) is 18.0 Å². The summed E-state index contributed by atoms with van der Waals surface area (Å²) in [6.07, 6.45) is 0.921. The Morgan fingerprint density at radius 1 is 1.17 bits per heavy atom. The number of aryl methyl sites for hydroxylation is 1. The van der Waals surface area contributed by atoms with Crippen molar-refractivity contribution in [3.05, 3.63) is 66.4 Å². The third-order valence-electron chi connectivity index (χ3n) is 4.22. The number of hydrogen-bond acceptors (Lipinski definition) is 3. The summed E-state index contributed by atoms with van der Waals surface area (Å²) in [7, 11) is 0. The number of carbonyl (C=O) groups excluding carboxylic acids is 1. The van der Waals surface area contributed by atoms with E-state index in [1.165, 1.54) is 30.3 Å². The zero-order valence-corrected chi connectivity index (χ0v) is 15.8. The molecule has 0 spiro atoms. The molecule has 0 saturated carbocycles. The molecule has 1 N–H and O–H groups in total. The van der Waals surface area contributed by atoms with Gasteiger partial charge in [0.1, 0.15) is 5.75 Å². The van der Waals surface area contributed by atoms with Gasteiger partial charge in [-0.25, -0.2) is 0 Å². The third-order valence-corrected chi connectivity index (χ3v) is 4.22. The predicted molar refractivity (Wildman–Crippen MR) is 108 cm³/mol. The van der Waals surface area contributed by atoms with Crippen LogP contribution in [0.3, 0.4) is 0 Å². The lowest BCUT2D eigenvalue weighted by Crippen LogP contribution is -2.19. The molecule has 0 atom stereocenters. The van der Waals surface area contributed by atoms with Crippen LogP contribution in [0.25, 0.3) is 17.0 Å². The van der Waals surface area contributed by atoms with Crippen molar-refractivity contribution < 1.29 is 22.7 Å². The van der Waals surface area contributed by atoms with Crippen molar-refractivity contribution in [3.63, 3.8) is 0 Å². The second kappa shape index (κ2) is 9.18. The van der Waals surface area contributed by atoms with E-state index in [2.05, 4.69) is 16.1 Å². The van der Waals surface area contributed by atoms with Gasteiger partial charge in [0.05, 0.1) is 12.5 Å². The van der Waals surface area contributed by atoms with E-state index < -0.39 is 12.8 Å². The Hall–Kier alpha value is -3.73. The first-order valence-electron chi connectivity index (χ1n) is 9.09. The Morgan fingerprint density at radius 2 is 1.90 bits per heavy atom. The summed E-state index contributed by atoms with van der Waals surface area (Å²) < 4.78 is 43.1. The molecule has 0 unspecified atom stereocenters. The number of benzene rings is 2. The minimum absolute atomic E-state index is 0.0612. The summed E-state index contributed by atoms with van der Waals surface area (Å²) >= 11 is 0. The van der Waals surface area contributed by atoms with Crippen LogP contribution in [0.5, 0.6) is 5.75 Å². The van der Waals surface area contributed by atoms with Crippen LogP contribution in [0, 0.1) is 11.3 Å². The van der Waals surface area contributed by atoms with Gasteiger partial charge in [-0.05, 0) is 36.4 Å². The van der Waals surface area contributed by atoms with Crippen molar-refractivity contribution in [2.45, 2.75) is 19.1 Å². The van der Waals surface area contributed by atoms with Crippen LogP contribution in [0.15, 0.2) is 60.8 Å². The SMILES string of the molecule is N#CCCn1cc(/C=C/C(=O)Nc2ccc(OCC(F)(F)F)cc2)c2ccccc21. The van der Waals surface area contributed by atoms with Crippen LogP contribution in [0.2, 0.25) is 0 Å². The van der Waals surface area contributed by atoms with Gasteiger partial charge in [-0.15, -0.1) is 0 Å². The molecule has 0 radical (unpaired) electrons. The molecule has 154 valence electrons. The first-order chi connectivity index (χ1) is 14.4. The van der Waals surface area contributed by atoms with Gasteiger partial charge in [-0.2, -0.15) is 18.4 Å². The molecule has 1 aromatic heterocycles. The zero-order valence-electron chi connectivity index (χ0n) is 15.8. The lowest BCUT2D eigenvalue weighted by atomic mass is 10.1. The fraction of sp³-hybridized carbons (Fsp3) is 0.182. The number of para-hydroxylation sites is 1. The summed E-state index contributed by atoms with van der Waals surface area (Å²) in [6, 6.07) is 15.5. The molecule has 3 rings (SSSR count). The lowest BCUT2D eigenvalue weighted by Gasteiger charge is -2.09. The van der Waals surface area contributed by atoms with E-state index in [0.29, 0.717) is 18.7 Å². The van der Waals surface area contributed by atoms with Crippen LogP contribution in [-0.2, 0) is 11.3 Å². The molecule has 1 amide bonds. The van der Waals surface area contributed by atoms with E-state index >= 15 is 0 Å². The quantitative estimate of drug-likeness (QED) is 0.545. The molecule has 1 heterocycles. The van der Waals surface area contributed by atoms with Crippen molar-refractivity contribution in [2.75, 3.05) is 11.9 Å². The highest BCUT2D eigenvalue weighted by Crippen LogP contribution is 2.23. The molecule has 0 saturated heterocycles. The number of alkyl halides is 3. The molecule has 0 aliphatic rings. The van der Waals surface area contributed by atoms with E-state index in [0.717, 1.165) is 16.5 Å². The molecule has 0 bridgehead atoms. The normalized spacial score (nSPS) is 11.5. The smallest absolute Gasteiger partial charge is 0.422 e. The maximum atomic E-state index is 12.2. The Kier molecular flexibility index (Phi) is 6.42. The fourth-order valence-corrected chi connectivity index (χ4v) is 2.91. The van der Waals surface area contributed by atoms with Gasteiger partial charge in [0.25, 0.3) is 0 Å². The summed E-state index contributed by atoms with van der Waals surface area (Å²) in [5.41, 5.74) is 2.25. The number of nitrogens with zero attached hydrogens (tertiary/aromatic N) is 2. The van der Waals surface area contributed by atoms with Gasteiger partial charge in [0.15, 0.2) is 6.61 Å². The summed E-state index contributed by atoms with van der Waals surface area (Å²) in [5, 5.41) is 12.4. The van der Waals surface area contributed by atoms with Gasteiger partial charge in [0.2, 0.25) is 5.91 Å². The predicted octanol–water partition coefficient (Wildman–Crippen LogP) is 5.15. The number of carbonyl (C=O) groups is 1. The van der Waals surface area contributed by atoms with E-state index in [-0.39, 0.29) is 11.7 Å². The molecule has 3 aromatic rings. The topological polar surface area (TPSA) is 67.0 Å². The van der Waals surface area contributed by atoms with Crippen molar-refractivity contribution in [1.29, 1.82) is 5.26 Å². The molecule has 5 nitrogen and oxygen atoms in total. The second-order valence-electron chi connectivity index (χ2n) is 6.45. The second-order valence-corrected chi connectivity index (χ2v) is 6.45. The molecule has 0 aliphatic carbocycles. The maximum Gasteiger partial charge on any atom is 0.422 e. The van der Waals surface area contributed by atoms with E-state index in [1.807, 2.05) is 35.0 Å². The molecule has 8 heteroatoms. The van der Waals surface area contributed by atoms with Crippen LogP contribution in [0.4, 0.5) is 18.9 Å². The molecule has 2 aromatic carbocycles. The van der Waals surface area contributed by atoms with Crippen LogP contribution in [0.1, 0.15) is 12.0 Å². The van der Waals surface area contributed by atoms with Crippen LogP contribution >= 0.6 is 0 Å². The third kappa shape index (κ3) is 5.64. The number of aromatic nitrogens is 1. The monoisotopic (exact) mass is 413 g/mol. The molecular formula is C22H18F3N3O2. The van der Waals surface area contributed by atoms with Crippen LogP contribution < -0.4 is 10.1 Å². The summed E-state index contributed by atoms with van der Waals surface area (Å²) in [5.74, 6) is -0.320. The molecule has 30 heavy (non-hydrogen) atoms. The number of halogens is 3. The highest BCUT2D eigenvalue weighted by atomic mass is 19.4. The Morgan fingerprint density at radius 3 is 2.60 bits per heavy atom. The van der Waals surface area contributed by atoms with Gasteiger partial charge in [0, 0.05) is 41.0 Å². The lowest BCUT2D eigenvalue weighted by molar-refractivity contribution is -0.153. The number of ether oxygens (including phenoxy) is 1. The first kappa shape index (κ1) is 21.0. The standard InChI is InChI=1S/C22H18F3N3O2/c23-22(24,25)15-30-18-9-7-17(8-10-18)27-21(29)11-6-16-14-28(13-3-12-26)20-5-2-1-4-19(16)20/h1-2,4-11,14H,3,13,15H2,(H,27,29)/b11-6+. The minimum Gasteiger partial charge on any atom is -0.484 e. The average molecular weight is 413 g/mol. The number of rotatable bonds is 7. The highest BCUT2D eigenvalue weighted by molar-refractivity contribution is 6.03. The number of nitriles is 1. The number of anilines is 1.